The summed E-state index contributed by atoms with van der Waals surface area (Å²) in [6.45, 7) is 2.16. The first-order valence-electron chi connectivity index (χ1n) is 12.2. The topological polar surface area (TPSA) is 80.0 Å². The number of halogens is 2. The molecule has 0 atom stereocenters. The summed E-state index contributed by atoms with van der Waals surface area (Å²) in [5.74, 6) is -0.586. The van der Waals surface area contributed by atoms with Gasteiger partial charge in [0.2, 0.25) is 0 Å². The average molecular weight is 546 g/mol. The molecule has 0 aliphatic carbocycles. The number of piperidine rings is 1. The Bertz CT molecular complexity index is 1430. The Morgan fingerprint density at radius 1 is 1.13 bits per heavy atom. The number of ether oxygens (including phenoxy) is 1. The molecule has 10 heteroatoms. The summed E-state index contributed by atoms with van der Waals surface area (Å²) in [7, 11) is 0. The van der Waals surface area contributed by atoms with Gasteiger partial charge in [-0.15, -0.1) is 0 Å². The number of alkyl halides is 2. The molecule has 0 bridgehead atoms. The van der Waals surface area contributed by atoms with Gasteiger partial charge in [0, 0.05) is 93.9 Å². The Hall–Kier alpha value is -2.37. The number of hydrogen-bond donors (Lipinski definition) is 1. The molecule has 38 heavy (non-hydrogen) atoms. The Balaban J connectivity index is 0.00000336. The van der Waals surface area contributed by atoms with Gasteiger partial charge in [0.1, 0.15) is 11.4 Å². The molecule has 0 saturated carbocycles. The molecule has 1 radical (unpaired) electrons. The second kappa shape index (κ2) is 11.8. The van der Waals surface area contributed by atoms with Gasteiger partial charge in [0.15, 0.2) is 0 Å². The predicted octanol–water partition coefficient (Wildman–Crippen LogP) is 5.21. The van der Waals surface area contributed by atoms with Crippen LogP contribution in [0.15, 0.2) is 60.9 Å². The number of hydrogen-bond acceptors (Lipinski definition) is 5. The van der Waals surface area contributed by atoms with Crippen molar-refractivity contribution >= 4 is 68.7 Å². The fraction of sp³-hybridized carbons (Fsp3) is 0.321. The standard InChI is InChI=1S/C28H28F2N4O3.K/c1-18-23(15-19-5-3-4-6-24(19)37-27(29)30)34-17-20(7-10-25(34)32-18)22-9-8-21(16-31-22)33-13-11-28(2,12-14-33)26(35)36;/h3-10,16-17,27H,11-15H2,1-2H3,(H,35,36);. The molecule has 1 aliphatic heterocycles. The van der Waals surface area contributed by atoms with Gasteiger partial charge in [0.25, 0.3) is 0 Å². The van der Waals surface area contributed by atoms with Crippen LogP contribution in [0.4, 0.5) is 14.5 Å². The summed E-state index contributed by atoms with van der Waals surface area (Å²) >= 11 is 0. The molecule has 1 aromatic carbocycles. The number of benzene rings is 1. The van der Waals surface area contributed by atoms with Crippen molar-refractivity contribution in [2.75, 3.05) is 18.0 Å². The molecule has 1 N–H and O–H groups in total. The van der Waals surface area contributed by atoms with Crippen molar-refractivity contribution < 1.29 is 23.4 Å². The van der Waals surface area contributed by atoms with Crippen molar-refractivity contribution in [3.63, 3.8) is 0 Å². The molecule has 0 spiro atoms. The second-order valence-corrected chi connectivity index (χ2v) is 9.71. The van der Waals surface area contributed by atoms with Gasteiger partial charge in [-0.2, -0.15) is 8.78 Å². The SMILES string of the molecule is Cc1nc2ccc(-c3ccc(N4CCC(C)(C(=O)O)CC4)cn3)cn2c1Cc1ccccc1OC(F)F.[K]. The van der Waals surface area contributed by atoms with E-state index in [1.807, 2.05) is 48.0 Å². The van der Waals surface area contributed by atoms with Crippen LogP contribution in [0.25, 0.3) is 16.9 Å². The van der Waals surface area contributed by atoms with E-state index in [-0.39, 0.29) is 57.1 Å². The van der Waals surface area contributed by atoms with E-state index in [9.17, 15) is 18.7 Å². The second-order valence-electron chi connectivity index (χ2n) is 9.71. The van der Waals surface area contributed by atoms with Crippen molar-refractivity contribution in [2.24, 2.45) is 5.41 Å². The first-order valence-corrected chi connectivity index (χ1v) is 12.2. The molecule has 1 aliphatic rings. The van der Waals surface area contributed by atoms with Gasteiger partial charge in [0.05, 0.1) is 28.7 Å². The number of carboxylic acids is 1. The summed E-state index contributed by atoms with van der Waals surface area (Å²) in [6.07, 6.45) is 5.35. The monoisotopic (exact) mass is 545 g/mol. The van der Waals surface area contributed by atoms with Crippen molar-refractivity contribution in [3.05, 3.63) is 77.9 Å². The van der Waals surface area contributed by atoms with Crippen molar-refractivity contribution in [1.82, 2.24) is 14.4 Å². The maximum atomic E-state index is 12.9. The third kappa shape index (κ3) is 5.94. The third-order valence-electron chi connectivity index (χ3n) is 7.26. The molecule has 1 saturated heterocycles. The minimum atomic E-state index is -2.89. The van der Waals surface area contributed by atoms with Crippen LogP contribution in [-0.2, 0) is 11.2 Å². The number of carboxylic acid groups (broad SMARTS) is 1. The molecule has 1 fully saturated rings. The summed E-state index contributed by atoms with van der Waals surface area (Å²) in [5, 5.41) is 9.47. The van der Waals surface area contributed by atoms with Gasteiger partial charge < -0.3 is 19.1 Å². The van der Waals surface area contributed by atoms with E-state index in [4.69, 9.17) is 4.74 Å². The predicted molar refractivity (Wildman–Crippen MR) is 142 cm³/mol. The van der Waals surface area contributed by atoms with Crippen LogP contribution in [0.3, 0.4) is 0 Å². The Morgan fingerprint density at radius 3 is 2.53 bits per heavy atom. The van der Waals surface area contributed by atoms with Crippen molar-refractivity contribution in [3.8, 4) is 17.0 Å². The van der Waals surface area contributed by atoms with Gasteiger partial charge in [-0.05, 0) is 57.0 Å². The largest absolute Gasteiger partial charge is 0.481 e. The van der Waals surface area contributed by atoms with Crippen molar-refractivity contribution in [2.45, 2.75) is 39.7 Å². The molecular formula is C28H28F2KN4O3. The number of aryl methyl sites for hydroxylation is 1. The Labute approximate surface area is 262 Å². The quantitative estimate of drug-likeness (QED) is 0.321. The number of aliphatic carboxylic acids is 1. The minimum absolute atomic E-state index is 0. The van der Waals surface area contributed by atoms with Gasteiger partial charge >= 0.3 is 12.6 Å². The number of imidazole rings is 1. The zero-order valence-electron chi connectivity index (χ0n) is 21.7. The van der Waals surface area contributed by atoms with Gasteiger partial charge in [-0.1, -0.05) is 18.2 Å². The normalized spacial score (nSPS) is 14.9. The Morgan fingerprint density at radius 2 is 1.87 bits per heavy atom. The first-order chi connectivity index (χ1) is 17.7. The fourth-order valence-electron chi connectivity index (χ4n) is 4.83. The van der Waals surface area contributed by atoms with E-state index >= 15 is 0 Å². The van der Waals surface area contributed by atoms with E-state index in [0.29, 0.717) is 37.9 Å². The average Bonchev–Trinajstić information content (AvgIpc) is 3.19. The number of para-hydroxylation sites is 1. The molecule has 193 valence electrons. The van der Waals surface area contributed by atoms with E-state index in [2.05, 4.69) is 14.9 Å². The minimum Gasteiger partial charge on any atom is -0.481 e. The zero-order valence-corrected chi connectivity index (χ0v) is 24.8. The summed E-state index contributed by atoms with van der Waals surface area (Å²) in [5.41, 5.74) is 5.08. The summed E-state index contributed by atoms with van der Waals surface area (Å²) in [4.78, 5) is 23.0. The number of anilines is 1. The maximum absolute atomic E-state index is 12.9. The molecule has 3 aromatic heterocycles. The smallest absolute Gasteiger partial charge is 0.387 e. The fourth-order valence-corrected chi connectivity index (χ4v) is 4.83. The van der Waals surface area contributed by atoms with Crippen LogP contribution in [0.1, 0.15) is 36.7 Å². The van der Waals surface area contributed by atoms with Crippen LogP contribution < -0.4 is 9.64 Å². The molecule has 4 heterocycles. The number of nitrogens with zero attached hydrogens (tertiary/aromatic N) is 4. The summed E-state index contributed by atoms with van der Waals surface area (Å²) in [6, 6.07) is 14.6. The number of pyridine rings is 2. The van der Waals surface area contributed by atoms with Crippen LogP contribution in [0, 0.1) is 12.3 Å². The van der Waals surface area contributed by atoms with Crippen LogP contribution in [-0.4, -0.2) is 96.5 Å². The van der Waals surface area contributed by atoms with Crippen molar-refractivity contribution in [1.29, 1.82) is 0 Å². The number of carbonyl (C=O) groups is 1. The van der Waals surface area contributed by atoms with Gasteiger partial charge in [-0.25, -0.2) is 4.98 Å². The number of fused-ring (bicyclic) bond motifs is 1. The zero-order chi connectivity index (χ0) is 26.2. The van der Waals surface area contributed by atoms with Crippen LogP contribution in [0.5, 0.6) is 5.75 Å². The molecule has 4 aromatic rings. The molecule has 7 nitrogen and oxygen atoms in total. The molecule has 5 rings (SSSR count). The van der Waals surface area contributed by atoms with E-state index < -0.39 is 18.0 Å². The maximum Gasteiger partial charge on any atom is 0.387 e. The third-order valence-corrected chi connectivity index (χ3v) is 7.26. The molecule has 0 unspecified atom stereocenters. The number of aromatic nitrogens is 3. The number of rotatable bonds is 7. The van der Waals surface area contributed by atoms with E-state index in [1.54, 1.807) is 31.2 Å². The summed E-state index contributed by atoms with van der Waals surface area (Å²) < 4.78 is 32.5. The van der Waals surface area contributed by atoms with E-state index in [0.717, 1.165) is 34.0 Å². The van der Waals surface area contributed by atoms with Gasteiger partial charge in [-0.3, -0.25) is 9.78 Å². The Kier molecular flexibility index (Phi) is 8.88. The van der Waals surface area contributed by atoms with Crippen LogP contribution in [0.2, 0.25) is 0 Å². The molecular weight excluding hydrogens is 517 g/mol. The first kappa shape index (κ1) is 28.6. The van der Waals surface area contributed by atoms with E-state index in [1.165, 1.54) is 0 Å². The van der Waals surface area contributed by atoms with Crippen LogP contribution >= 0.6 is 0 Å². The molecule has 0 amide bonds.